The maximum atomic E-state index is 12.3. The van der Waals surface area contributed by atoms with Crippen LogP contribution in [-0.4, -0.2) is 49.2 Å². The van der Waals surface area contributed by atoms with Crippen molar-refractivity contribution in [1.82, 2.24) is 29.5 Å². The molecule has 1 N–H and O–H groups in total. The second-order valence-electron chi connectivity index (χ2n) is 7.61. The highest BCUT2D eigenvalue weighted by Gasteiger charge is 2.22. The number of nitrogens with zero attached hydrogens (tertiary/aromatic N) is 7. The molecule has 0 amide bonds. The molecule has 11 nitrogen and oxygen atoms in total. The van der Waals surface area contributed by atoms with Gasteiger partial charge in [0.25, 0.3) is 0 Å². The van der Waals surface area contributed by atoms with Crippen LogP contribution in [0.3, 0.4) is 0 Å². The van der Waals surface area contributed by atoms with E-state index in [1.54, 1.807) is 62.5 Å². The second-order valence-corrected chi connectivity index (χ2v) is 7.61. The first-order chi connectivity index (χ1) is 16.9. The van der Waals surface area contributed by atoms with Crippen molar-refractivity contribution in [3.05, 3.63) is 59.2 Å². The van der Waals surface area contributed by atoms with Crippen molar-refractivity contribution < 1.29 is 14.3 Å². The van der Waals surface area contributed by atoms with Crippen LogP contribution in [0.5, 0.6) is 5.75 Å². The Morgan fingerprint density at radius 1 is 1.17 bits per heavy atom. The Labute approximate surface area is 202 Å². The van der Waals surface area contributed by atoms with Crippen LogP contribution in [0.2, 0.25) is 0 Å². The molecule has 178 valence electrons. The molecule has 11 heteroatoms. The molecule has 35 heavy (non-hydrogen) atoms. The summed E-state index contributed by atoms with van der Waals surface area (Å²) in [5.41, 5.74) is 3.57. The summed E-state index contributed by atoms with van der Waals surface area (Å²) in [5, 5.41) is 21.4. The third-order valence-corrected chi connectivity index (χ3v) is 5.38. The van der Waals surface area contributed by atoms with E-state index in [1.807, 2.05) is 12.1 Å². The molecule has 0 atom stereocenters. The molecule has 4 rings (SSSR count). The molecule has 0 spiro atoms. The highest BCUT2D eigenvalue weighted by atomic mass is 16.5. The highest BCUT2D eigenvalue weighted by molar-refractivity contribution is 5.92. The van der Waals surface area contributed by atoms with E-state index in [2.05, 4.69) is 31.6 Å². The van der Waals surface area contributed by atoms with Gasteiger partial charge in [-0.25, -0.2) is 24.1 Å². The number of rotatable bonds is 7. The van der Waals surface area contributed by atoms with Crippen molar-refractivity contribution in [2.75, 3.05) is 19.0 Å². The molecule has 4 aromatic rings. The number of esters is 1. The topological polar surface area (TPSA) is 133 Å². The Kier molecular flexibility index (Phi) is 6.46. The van der Waals surface area contributed by atoms with Crippen molar-refractivity contribution in [3.8, 4) is 28.9 Å². The number of benzene rings is 1. The summed E-state index contributed by atoms with van der Waals surface area (Å²) in [6.45, 7) is 5.58. The van der Waals surface area contributed by atoms with Crippen LogP contribution in [0, 0.1) is 25.2 Å². The molecule has 0 aliphatic rings. The number of anilines is 2. The number of carbonyl (C=O) groups is 1. The van der Waals surface area contributed by atoms with E-state index in [0.717, 1.165) is 5.56 Å². The molecule has 0 unspecified atom stereocenters. The van der Waals surface area contributed by atoms with Crippen molar-refractivity contribution in [1.29, 1.82) is 5.26 Å². The zero-order valence-electron chi connectivity index (χ0n) is 20.0. The smallest absolute Gasteiger partial charge is 0.341 e. The van der Waals surface area contributed by atoms with E-state index < -0.39 is 5.97 Å². The van der Waals surface area contributed by atoms with Gasteiger partial charge in [0.05, 0.1) is 36.7 Å². The second kappa shape index (κ2) is 9.64. The van der Waals surface area contributed by atoms with Gasteiger partial charge in [0.1, 0.15) is 23.4 Å². The van der Waals surface area contributed by atoms with Gasteiger partial charge in [0.2, 0.25) is 0 Å². The summed E-state index contributed by atoms with van der Waals surface area (Å²) in [7, 11) is 3.35. The Morgan fingerprint density at radius 3 is 2.57 bits per heavy atom. The van der Waals surface area contributed by atoms with Crippen LogP contribution < -0.4 is 10.1 Å². The van der Waals surface area contributed by atoms with Crippen LogP contribution in [0.15, 0.2) is 36.7 Å². The van der Waals surface area contributed by atoms with Gasteiger partial charge in [-0.3, -0.25) is 0 Å². The Morgan fingerprint density at radius 2 is 1.91 bits per heavy atom. The molecule has 0 aliphatic carbocycles. The third kappa shape index (κ3) is 4.41. The van der Waals surface area contributed by atoms with Crippen molar-refractivity contribution in [2.45, 2.75) is 20.8 Å². The van der Waals surface area contributed by atoms with Gasteiger partial charge in [-0.2, -0.15) is 15.5 Å². The van der Waals surface area contributed by atoms with Crippen molar-refractivity contribution >= 4 is 17.6 Å². The Bertz CT molecular complexity index is 1430. The Hall–Kier alpha value is -4.72. The molecule has 0 saturated heterocycles. The first-order valence-electron chi connectivity index (χ1n) is 10.8. The third-order valence-electron chi connectivity index (χ3n) is 5.38. The van der Waals surface area contributed by atoms with Crippen LogP contribution in [0.1, 0.15) is 34.2 Å². The van der Waals surface area contributed by atoms with Crippen LogP contribution in [0.25, 0.3) is 17.1 Å². The number of ether oxygens (including phenoxy) is 2. The number of hydrogen-bond donors (Lipinski definition) is 1. The first kappa shape index (κ1) is 23.4. The summed E-state index contributed by atoms with van der Waals surface area (Å²) in [6.07, 6.45) is 1.41. The molecule has 0 saturated carbocycles. The van der Waals surface area contributed by atoms with Gasteiger partial charge < -0.3 is 14.8 Å². The van der Waals surface area contributed by atoms with E-state index >= 15 is 0 Å². The predicted octanol–water partition coefficient (Wildman–Crippen LogP) is 3.48. The fraction of sp³-hybridized carbons (Fsp3) is 0.250. The normalized spacial score (nSPS) is 10.6. The number of hydrogen-bond acceptors (Lipinski definition) is 9. The van der Waals surface area contributed by atoms with E-state index in [9.17, 15) is 4.79 Å². The zero-order chi connectivity index (χ0) is 25.1. The maximum Gasteiger partial charge on any atom is 0.341 e. The number of nitriles is 1. The van der Waals surface area contributed by atoms with Crippen LogP contribution in [-0.2, 0) is 11.8 Å². The van der Waals surface area contributed by atoms with Gasteiger partial charge >= 0.3 is 5.97 Å². The summed E-state index contributed by atoms with van der Waals surface area (Å²) in [6, 6.07) is 10.9. The first-order valence-corrected chi connectivity index (χ1v) is 10.8. The minimum absolute atomic E-state index is 0.279. The summed E-state index contributed by atoms with van der Waals surface area (Å²) in [5.74, 6) is 1.64. The van der Waals surface area contributed by atoms with Crippen molar-refractivity contribution in [3.63, 3.8) is 0 Å². The van der Waals surface area contributed by atoms with Gasteiger partial charge in [-0.1, -0.05) is 12.1 Å². The lowest BCUT2D eigenvalue weighted by Crippen LogP contribution is -2.09. The van der Waals surface area contributed by atoms with Crippen LogP contribution in [0.4, 0.5) is 11.6 Å². The summed E-state index contributed by atoms with van der Waals surface area (Å²) >= 11 is 0. The highest BCUT2D eigenvalue weighted by Crippen LogP contribution is 2.37. The maximum absolute atomic E-state index is 12.3. The van der Waals surface area contributed by atoms with Gasteiger partial charge in [-0.05, 0) is 32.9 Å². The van der Waals surface area contributed by atoms with Crippen molar-refractivity contribution in [2.24, 2.45) is 7.05 Å². The number of aryl methyl sites for hydroxylation is 2. The average Bonchev–Trinajstić information content (AvgIpc) is 3.34. The molecule has 1 aromatic carbocycles. The van der Waals surface area contributed by atoms with Gasteiger partial charge in [0.15, 0.2) is 17.4 Å². The minimum atomic E-state index is -0.420. The van der Waals surface area contributed by atoms with E-state index in [1.165, 1.54) is 6.33 Å². The zero-order valence-corrected chi connectivity index (χ0v) is 20.0. The fourth-order valence-corrected chi connectivity index (χ4v) is 3.74. The standard InChI is InChI=1S/C24H24N8O3/c1-6-35-24(33)20-14(2)29-32(15(20)3)19-11-18(26-13-27-19)28-23-22(34-5)21(30-31(23)4)17-9-7-16(12-25)8-10-17/h7-11,13H,6H2,1-5H3,(H,26,27,28). The molecular formula is C24H24N8O3. The SMILES string of the molecule is CCOC(=O)c1c(C)nn(-c2cc(Nc3c(OC)c(-c4ccc(C#N)cc4)nn3C)ncn2)c1C. The van der Waals surface area contributed by atoms with E-state index in [4.69, 9.17) is 14.7 Å². The lowest BCUT2D eigenvalue weighted by atomic mass is 10.1. The van der Waals surface area contributed by atoms with Crippen LogP contribution >= 0.6 is 0 Å². The summed E-state index contributed by atoms with van der Waals surface area (Å²) < 4.78 is 14.0. The lowest BCUT2D eigenvalue weighted by molar-refractivity contribution is 0.0524. The molecule has 3 aromatic heterocycles. The molecule has 3 heterocycles. The van der Waals surface area contributed by atoms with Gasteiger partial charge in [0, 0.05) is 18.7 Å². The lowest BCUT2D eigenvalue weighted by Gasteiger charge is -2.10. The molecule has 0 aliphatic heterocycles. The predicted molar refractivity (Wildman–Crippen MR) is 128 cm³/mol. The number of aromatic nitrogens is 6. The number of carbonyl (C=O) groups excluding carboxylic acids is 1. The molecule has 0 fully saturated rings. The fourth-order valence-electron chi connectivity index (χ4n) is 3.74. The number of methoxy groups -OCH3 is 1. The molecule has 0 bridgehead atoms. The Balaban J connectivity index is 1.68. The van der Waals surface area contributed by atoms with Gasteiger partial charge in [-0.15, -0.1) is 0 Å². The largest absolute Gasteiger partial charge is 0.491 e. The molecular weight excluding hydrogens is 448 g/mol. The minimum Gasteiger partial charge on any atom is -0.491 e. The number of nitrogens with one attached hydrogen (secondary N) is 1. The summed E-state index contributed by atoms with van der Waals surface area (Å²) in [4.78, 5) is 21.0. The monoisotopic (exact) mass is 472 g/mol. The quantitative estimate of drug-likeness (QED) is 0.401. The average molecular weight is 473 g/mol. The molecule has 0 radical (unpaired) electrons. The van der Waals surface area contributed by atoms with E-state index in [-0.39, 0.29) is 6.61 Å². The van der Waals surface area contributed by atoms with E-state index in [0.29, 0.717) is 51.4 Å².